The van der Waals surface area contributed by atoms with E-state index in [2.05, 4.69) is 13.0 Å². The number of ether oxygens (including phenoxy) is 3. The van der Waals surface area contributed by atoms with Gasteiger partial charge in [0.15, 0.2) is 0 Å². The summed E-state index contributed by atoms with van der Waals surface area (Å²) in [5.41, 5.74) is 1.29. The van der Waals surface area contributed by atoms with Crippen LogP contribution in [-0.2, 0) is 4.74 Å². The Kier molecular flexibility index (Phi) is 7.04. The molecule has 3 nitrogen and oxygen atoms in total. The fourth-order valence-electron chi connectivity index (χ4n) is 1.51. The van der Waals surface area contributed by atoms with Gasteiger partial charge in [-0.3, -0.25) is 0 Å². The molecule has 0 heterocycles. The van der Waals surface area contributed by atoms with Crippen molar-refractivity contribution in [1.82, 2.24) is 0 Å². The molecule has 0 aliphatic heterocycles. The monoisotopic (exact) mass is 264 g/mol. The molecule has 0 aliphatic rings. The fourth-order valence-corrected chi connectivity index (χ4v) is 1.51. The van der Waals surface area contributed by atoms with E-state index in [1.54, 1.807) is 7.11 Å². The van der Waals surface area contributed by atoms with E-state index >= 15 is 0 Å². The second-order valence-corrected chi connectivity index (χ2v) is 4.71. The van der Waals surface area contributed by atoms with Gasteiger partial charge < -0.3 is 14.2 Å². The molecule has 0 bridgehead atoms. The fraction of sp³-hybridized carbons (Fsp3) is 0.500. The van der Waals surface area contributed by atoms with Crippen LogP contribution >= 0.6 is 0 Å². The SMILES string of the molecule is COc1ccc(OCC=C(C)CCOC(C)C)cc1. The van der Waals surface area contributed by atoms with Crippen LogP contribution in [0.1, 0.15) is 27.2 Å². The first kappa shape index (κ1) is 15.6. The molecule has 19 heavy (non-hydrogen) atoms. The molecule has 0 saturated heterocycles. The van der Waals surface area contributed by atoms with Crippen molar-refractivity contribution in [2.45, 2.75) is 33.3 Å². The van der Waals surface area contributed by atoms with Crippen molar-refractivity contribution in [1.29, 1.82) is 0 Å². The van der Waals surface area contributed by atoms with E-state index in [-0.39, 0.29) is 0 Å². The molecule has 0 spiro atoms. The molecular weight excluding hydrogens is 240 g/mol. The topological polar surface area (TPSA) is 27.7 Å². The van der Waals surface area contributed by atoms with Gasteiger partial charge in [0.2, 0.25) is 0 Å². The Labute approximate surface area is 116 Å². The summed E-state index contributed by atoms with van der Waals surface area (Å²) < 4.78 is 16.2. The van der Waals surface area contributed by atoms with Gasteiger partial charge in [0.1, 0.15) is 18.1 Å². The zero-order chi connectivity index (χ0) is 14.1. The van der Waals surface area contributed by atoms with Gasteiger partial charge in [-0.25, -0.2) is 0 Å². The normalized spacial score (nSPS) is 11.7. The number of hydrogen-bond donors (Lipinski definition) is 0. The van der Waals surface area contributed by atoms with Crippen molar-refractivity contribution in [3.8, 4) is 11.5 Å². The van der Waals surface area contributed by atoms with Crippen LogP contribution in [0.5, 0.6) is 11.5 Å². The quantitative estimate of drug-likeness (QED) is 0.668. The van der Waals surface area contributed by atoms with E-state index in [1.807, 2.05) is 38.1 Å². The molecule has 0 aromatic heterocycles. The Morgan fingerprint density at radius 2 is 1.79 bits per heavy atom. The van der Waals surface area contributed by atoms with Crippen LogP contribution < -0.4 is 9.47 Å². The lowest BCUT2D eigenvalue weighted by molar-refractivity contribution is 0.0813. The summed E-state index contributed by atoms with van der Waals surface area (Å²) in [4.78, 5) is 0. The van der Waals surface area contributed by atoms with Crippen LogP contribution in [0.2, 0.25) is 0 Å². The lowest BCUT2D eigenvalue weighted by Crippen LogP contribution is -2.04. The van der Waals surface area contributed by atoms with E-state index in [9.17, 15) is 0 Å². The van der Waals surface area contributed by atoms with Gasteiger partial charge in [-0.1, -0.05) is 5.57 Å². The molecular formula is C16H24O3. The van der Waals surface area contributed by atoms with Gasteiger partial charge in [0.05, 0.1) is 19.8 Å². The summed E-state index contributed by atoms with van der Waals surface area (Å²) in [5, 5.41) is 0. The Hall–Kier alpha value is -1.48. The summed E-state index contributed by atoms with van der Waals surface area (Å²) in [5.74, 6) is 1.69. The summed E-state index contributed by atoms with van der Waals surface area (Å²) in [6, 6.07) is 7.60. The molecule has 0 amide bonds. The third-order valence-corrected chi connectivity index (χ3v) is 2.69. The van der Waals surface area contributed by atoms with E-state index in [1.165, 1.54) is 5.57 Å². The Morgan fingerprint density at radius 3 is 2.37 bits per heavy atom. The van der Waals surface area contributed by atoms with Crippen molar-refractivity contribution in [3.63, 3.8) is 0 Å². The average molecular weight is 264 g/mol. The van der Waals surface area contributed by atoms with E-state index in [4.69, 9.17) is 14.2 Å². The molecule has 0 aliphatic carbocycles. The smallest absolute Gasteiger partial charge is 0.120 e. The Morgan fingerprint density at radius 1 is 1.16 bits per heavy atom. The van der Waals surface area contributed by atoms with Gasteiger partial charge in [-0.2, -0.15) is 0 Å². The van der Waals surface area contributed by atoms with E-state index in [0.717, 1.165) is 24.5 Å². The first-order valence-corrected chi connectivity index (χ1v) is 6.66. The summed E-state index contributed by atoms with van der Waals surface area (Å²) in [7, 11) is 1.65. The van der Waals surface area contributed by atoms with Crippen molar-refractivity contribution >= 4 is 0 Å². The molecule has 0 fully saturated rings. The Balaban J connectivity index is 2.27. The molecule has 0 radical (unpaired) electrons. The minimum atomic E-state index is 0.295. The number of hydrogen-bond acceptors (Lipinski definition) is 3. The molecule has 0 unspecified atom stereocenters. The maximum absolute atomic E-state index is 5.63. The van der Waals surface area contributed by atoms with Crippen LogP contribution in [0.4, 0.5) is 0 Å². The molecule has 0 saturated carbocycles. The Bertz CT molecular complexity index is 379. The maximum Gasteiger partial charge on any atom is 0.120 e. The van der Waals surface area contributed by atoms with Gasteiger partial charge in [0.25, 0.3) is 0 Å². The number of methoxy groups -OCH3 is 1. The van der Waals surface area contributed by atoms with E-state index in [0.29, 0.717) is 12.7 Å². The van der Waals surface area contributed by atoms with Crippen LogP contribution in [-0.4, -0.2) is 26.4 Å². The zero-order valence-corrected chi connectivity index (χ0v) is 12.3. The highest BCUT2D eigenvalue weighted by Gasteiger charge is 1.96. The summed E-state index contributed by atoms with van der Waals surface area (Å²) in [6.45, 7) is 7.54. The zero-order valence-electron chi connectivity index (χ0n) is 12.3. The molecule has 1 aromatic carbocycles. The maximum atomic E-state index is 5.63. The van der Waals surface area contributed by atoms with E-state index < -0.39 is 0 Å². The molecule has 3 heteroatoms. The molecule has 0 N–H and O–H groups in total. The average Bonchev–Trinajstić information content (AvgIpc) is 2.39. The van der Waals surface area contributed by atoms with Gasteiger partial charge in [-0.15, -0.1) is 0 Å². The highest BCUT2D eigenvalue weighted by Crippen LogP contribution is 2.17. The highest BCUT2D eigenvalue weighted by atomic mass is 16.5. The third-order valence-electron chi connectivity index (χ3n) is 2.69. The van der Waals surface area contributed by atoms with Crippen LogP contribution in [0.3, 0.4) is 0 Å². The first-order chi connectivity index (χ1) is 9.11. The second-order valence-electron chi connectivity index (χ2n) is 4.71. The van der Waals surface area contributed by atoms with Gasteiger partial charge in [0, 0.05) is 0 Å². The van der Waals surface area contributed by atoms with Crippen LogP contribution in [0, 0.1) is 0 Å². The minimum absolute atomic E-state index is 0.295. The highest BCUT2D eigenvalue weighted by molar-refractivity contribution is 5.31. The lowest BCUT2D eigenvalue weighted by Gasteiger charge is -2.08. The molecule has 1 rings (SSSR count). The standard InChI is InChI=1S/C16H24O3/c1-13(2)18-11-9-14(3)10-12-19-16-7-5-15(17-4)6-8-16/h5-8,10,13H,9,11-12H2,1-4H3. The number of benzene rings is 1. The van der Waals surface area contributed by atoms with Crippen molar-refractivity contribution in [2.75, 3.05) is 20.3 Å². The van der Waals surface area contributed by atoms with Crippen molar-refractivity contribution in [3.05, 3.63) is 35.9 Å². The minimum Gasteiger partial charge on any atom is -0.497 e. The molecule has 106 valence electrons. The summed E-state index contributed by atoms with van der Waals surface area (Å²) >= 11 is 0. The molecule has 1 aromatic rings. The van der Waals surface area contributed by atoms with Crippen molar-refractivity contribution in [2.24, 2.45) is 0 Å². The second kappa shape index (κ2) is 8.59. The van der Waals surface area contributed by atoms with Crippen LogP contribution in [0.25, 0.3) is 0 Å². The van der Waals surface area contributed by atoms with Crippen molar-refractivity contribution < 1.29 is 14.2 Å². The predicted octanol–water partition coefficient (Wildman–Crippen LogP) is 3.84. The molecule has 0 atom stereocenters. The van der Waals surface area contributed by atoms with Gasteiger partial charge >= 0.3 is 0 Å². The first-order valence-electron chi connectivity index (χ1n) is 6.66. The number of rotatable bonds is 8. The predicted molar refractivity (Wildman–Crippen MR) is 78.0 cm³/mol. The van der Waals surface area contributed by atoms with Gasteiger partial charge in [-0.05, 0) is 57.5 Å². The lowest BCUT2D eigenvalue weighted by atomic mass is 10.2. The third kappa shape index (κ3) is 6.87. The largest absolute Gasteiger partial charge is 0.497 e. The van der Waals surface area contributed by atoms with Crippen LogP contribution in [0.15, 0.2) is 35.9 Å². The summed E-state index contributed by atoms with van der Waals surface area (Å²) in [6.07, 6.45) is 3.33.